The molecule has 0 aromatic carbocycles. The fraction of sp³-hybridized carbons (Fsp3) is 0.726. The zero-order valence-corrected chi connectivity index (χ0v) is 59.2. The molecule has 530 valence electrons. The molecule has 0 aromatic rings. The van der Waals surface area contributed by atoms with Crippen molar-refractivity contribution in [2.24, 2.45) is 0 Å². The van der Waals surface area contributed by atoms with Gasteiger partial charge in [0.1, 0.15) is 19.3 Å². The van der Waals surface area contributed by atoms with Crippen LogP contribution in [0.15, 0.2) is 97.2 Å². The van der Waals surface area contributed by atoms with Gasteiger partial charge in [0, 0.05) is 25.7 Å². The fourth-order valence-electron chi connectivity index (χ4n) is 9.09. The van der Waals surface area contributed by atoms with Crippen LogP contribution in [0.1, 0.15) is 285 Å². The molecule has 0 aromatic heterocycles. The van der Waals surface area contributed by atoms with Crippen LogP contribution >= 0.6 is 15.6 Å². The van der Waals surface area contributed by atoms with Crippen molar-refractivity contribution in [2.75, 3.05) is 39.6 Å². The number of carbonyl (C=O) groups excluding carboxylic acids is 4. The second-order valence-corrected chi connectivity index (χ2v) is 26.4. The second kappa shape index (κ2) is 65.6. The molecule has 0 bridgehead atoms. The van der Waals surface area contributed by atoms with Gasteiger partial charge in [0.25, 0.3) is 0 Å². The van der Waals surface area contributed by atoms with Gasteiger partial charge in [-0.1, -0.05) is 253 Å². The molecule has 0 heterocycles. The molecule has 0 aliphatic carbocycles. The molecule has 0 fully saturated rings. The largest absolute Gasteiger partial charge is 0.472 e. The molecular weight excluding hydrogens is 1210 g/mol. The SMILES string of the molecule is CC/C=C\C/C=C\C/C=C\C/C=C\C/C=C\C/C=C\CCC(=O)OCC(COP(=O)(O)OCC(O)COP(=O)(O)OCC(COC(=O)CCCCCCC/C=C\CCCC)OC(=O)CCCCCCC/C=C\CCCC)OC(=O)CCCCCCCCCCCCC. The van der Waals surface area contributed by atoms with Crippen LogP contribution in [-0.2, 0) is 65.4 Å². The van der Waals surface area contributed by atoms with Gasteiger partial charge in [-0.2, -0.15) is 0 Å². The molecule has 5 unspecified atom stereocenters. The molecule has 19 heteroatoms. The third kappa shape index (κ3) is 64.7. The average molecular weight is 1340 g/mol. The number of carbonyl (C=O) groups is 4. The number of aliphatic hydroxyl groups is 1. The number of ether oxygens (including phenoxy) is 4. The highest BCUT2D eigenvalue weighted by Crippen LogP contribution is 2.45. The number of phosphoric ester groups is 2. The number of phosphoric acid groups is 2. The first-order chi connectivity index (χ1) is 44.7. The van der Waals surface area contributed by atoms with Crippen LogP contribution in [-0.4, -0.2) is 96.7 Å². The van der Waals surface area contributed by atoms with Gasteiger partial charge in [-0.3, -0.25) is 37.3 Å². The number of unbranched alkanes of at least 4 members (excludes halogenated alkanes) is 24. The van der Waals surface area contributed by atoms with Gasteiger partial charge >= 0.3 is 39.5 Å². The molecule has 0 saturated heterocycles. The molecule has 0 spiro atoms. The van der Waals surface area contributed by atoms with Crippen molar-refractivity contribution in [3.8, 4) is 0 Å². The Hall–Kier alpha value is -4.02. The molecule has 17 nitrogen and oxygen atoms in total. The number of aliphatic hydroxyl groups excluding tert-OH is 1. The first-order valence-electron chi connectivity index (χ1n) is 35.5. The van der Waals surface area contributed by atoms with Gasteiger partial charge in [0.05, 0.1) is 26.4 Å². The molecule has 0 saturated carbocycles. The minimum Gasteiger partial charge on any atom is -0.462 e. The van der Waals surface area contributed by atoms with Crippen molar-refractivity contribution < 1.29 is 80.2 Å². The second-order valence-electron chi connectivity index (χ2n) is 23.4. The van der Waals surface area contributed by atoms with E-state index in [1.807, 2.05) is 18.2 Å². The average Bonchev–Trinajstić information content (AvgIpc) is 2.26. The van der Waals surface area contributed by atoms with Crippen LogP contribution in [0.2, 0.25) is 0 Å². The molecule has 0 aliphatic rings. The van der Waals surface area contributed by atoms with Crippen molar-refractivity contribution in [1.82, 2.24) is 0 Å². The predicted molar refractivity (Wildman–Crippen MR) is 372 cm³/mol. The van der Waals surface area contributed by atoms with Crippen molar-refractivity contribution in [3.63, 3.8) is 0 Å². The van der Waals surface area contributed by atoms with Crippen LogP contribution in [0.4, 0.5) is 0 Å². The van der Waals surface area contributed by atoms with Crippen LogP contribution in [0.5, 0.6) is 0 Å². The van der Waals surface area contributed by atoms with E-state index in [2.05, 4.69) is 107 Å². The molecule has 0 rings (SSSR count). The lowest BCUT2D eigenvalue weighted by molar-refractivity contribution is -0.161. The van der Waals surface area contributed by atoms with Crippen molar-refractivity contribution >= 4 is 39.5 Å². The summed E-state index contributed by atoms with van der Waals surface area (Å²) < 4.78 is 68.1. The van der Waals surface area contributed by atoms with Gasteiger partial charge in [-0.15, -0.1) is 0 Å². The van der Waals surface area contributed by atoms with Crippen LogP contribution < -0.4 is 0 Å². The predicted octanol–water partition coefficient (Wildman–Crippen LogP) is 19.7. The topological polar surface area (TPSA) is 237 Å². The molecule has 5 atom stereocenters. The monoisotopic (exact) mass is 1340 g/mol. The zero-order chi connectivity index (χ0) is 67.5. The van der Waals surface area contributed by atoms with Gasteiger partial charge in [-0.05, 0) is 103 Å². The first-order valence-corrected chi connectivity index (χ1v) is 38.5. The highest BCUT2D eigenvalue weighted by molar-refractivity contribution is 7.47. The van der Waals surface area contributed by atoms with E-state index >= 15 is 0 Å². The number of hydrogen-bond donors (Lipinski definition) is 3. The quantitative estimate of drug-likeness (QED) is 0.0169. The summed E-state index contributed by atoms with van der Waals surface area (Å²) in [5.74, 6) is -2.29. The lowest BCUT2D eigenvalue weighted by atomic mass is 10.1. The fourth-order valence-corrected chi connectivity index (χ4v) is 10.7. The van der Waals surface area contributed by atoms with E-state index in [9.17, 15) is 43.2 Å². The third-order valence-electron chi connectivity index (χ3n) is 14.5. The van der Waals surface area contributed by atoms with E-state index in [0.717, 1.165) is 135 Å². The number of allylic oxidation sites excluding steroid dienone is 16. The Morgan fingerprint density at radius 2 is 0.598 bits per heavy atom. The maximum atomic E-state index is 13.0. The van der Waals surface area contributed by atoms with Crippen LogP contribution in [0.3, 0.4) is 0 Å². The number of hydrogen-bond acceptors (Lipinski definition) is 15. The summed E-state index contributed by atoms with van der Waals surface area (Å²) in [4.78, 5) is 72.4. The smallest absolute Gasteiger partial charge is 0.462 e. The van der Waals surface area contributed by atoms with Gasteiger partial charge in [0.15, 0.2) is 12.2 Å². The van der Waals surface area contributed by atoms with Crippen molar-refractivity contribution in [1.29, 1.82) is 0 Å². The molecule has 0 amide bonds. The zero-order valence-electron chi connectivity index (χ0n) is 57.4. The Balaban J connectivity index is 5.34. The normalized spacial score (nSPS) is 14.6. The summed E-state index contributed by atoms with van der Waals surface area (Å²) in [7, 11) is -9.95. The maximum Gasteiger partial charge on any atom is 0.472 e. The van der Waals surface area contributed by atoms with Gasteiger partial charge in [0.2, 0.25) is 0 Å². The Labute approximate surface area is 557 Å². The highest BCUT2D eigenvalue weighted by atomic mass is 31.2. The van der Waals surface area contributed by atoms with E-state index < -0.39 is 97.5 Å². The maximum absolute atomic E-state index is 13.0. The molecule has 0 aliphatic heterocycles. The lowest BCUT2D eigenvalue weighted by Gasteiger charge is -2.21. The highest BCUT2D eigenvalue weighted by Gasteiger charge is 2.30. The molecule has 92 heavy (non-hydrogen) atoms. The number of esters is 4. The summed E-state index contributed by atoms with van der Waals surface area (Å²) in [5, 5.41) is 10.6. The third-order valence-corrected chi connectivity index (χ3v) is 16.4. The standard InChI is InChI=1S/C73H126O17P2/c1-5-9-13-17-21-25-29-30-31-32-33-34-35-36-40-42-46-50-54-58-71(76)84-64-69(90-73(78)60-56-52-48-44-39-28-24-20-16-12-8-4)66-88-92(81,82)86-62-67(74)61-85-91(79,80)87-65-68(89-72(77)59-55-51-47-43-38-27-23-19-15-11-7-3)63-83-70(75)57-53-49-45-41-37-26-22-18-14-10-6-2/h9,13,18-19,21-23,25,30-31,33-34,36,40,46,50,67-69,74H,5-8,10-12,14-17,20,24,26-29,32,35,37-39,41-45,47-49,51-66H2,1-4H3,(H,79,80)(H,81,82)/b13-9-,22-18-,23-19-,25-21-,31-30-,34-33-,40-36-,50-46-. The van der Waals surface area contributed by atoms with Crippen molar-refractivity contribution in [3.05, 3.63) is 97.2 Å². The Morgan fingerprint density at radius 1 is 0.315 bits per heavy atom. The van der Waals surface area contributed by atoms with E-state index in [4.69, 9.17) is 37.0 Å². The van der Waals surface area contributed by atoms with E-state index in [0.29, 0.717) is 32.1 Å². The Bertz CT molecular complexity index is 2130. The molecular formula is C73H126O17P2. The van der Waals surface area contributed by atoms with Crippen molar-refractivity contribution in [2.45, 2.75) is 303 Å². The molecule has 0 radical (unpaired) electrons. The minimum atomic E-state index is -4.98. The van der Waals surface area contributed by atoms with Crippen LogP contribution in [0, 0.1) is 0 Å². The lowest BCUT2D eigenvalue weighted by Crippen LogP contribution is -2.30. The van der Waals surface area contributed by atoms with E-state index in [-0.39, 0.29) is 25.7 Å². The summed E-state index contributed by atoms with van der Waals surface area (Å²) in [6.45, 7) is 4.55. The Morgan fingerprint density at radius 3 is 0.967 bits per heavy atom. The van der Waals surface area contributed by atoms with E-state index in [1.165, 1.54) is 64.2 Å². The Kier molecular flexibility index (Phi) is 62.8. The summed E-state index contributed by atoms with van der Waals surface area (Å²) in [6.07, 6.45) is 65.9. The van der Waals surface area contributed by atoms with Crippen LogP contribution in [0.25, 0.3) is 0 Å². The van der Waals surface area contributed by atoms with Gasteiger partial charge < -0.3 is 33.8 Å². The van der Waals surface area contributed by atoms with Gasteiger partial charge in [-0.25, -0.2) is 9.13 Å². The summed E-state index contributed by atoms with van der Waals surface area (Å²) in [5.41, 5.74) is 0. The molecule has 3 N–H and O–H groups in total. The summed E-state index contributed by atoms with van der Waals surface area (Å²) >= 11 is 0. The summed E-state index contributed by atoms with van der Waals surface area (Å²) in [6, 6.07) is 0. The minimum absolute atomic E-state index is 0.0374. The number of rotatable bonds is 66. The van der Waals surface area contributed by atoms with E-state index in [1.54, 1.807) is 0 Å². The first kappa shape index (κ1) is 88.0.